The zero-order valence-electron chi connectivity index (χ0n) is 17.8. The lowest BCUT2D eigenvalue weighted by atomic mass is 9.88. The van der Waals surface area contributed by atoms with Gasteiger partial charge in [-0.05, 0) is 74.8 Å². The molecule has 0 saturated heterocycles. The Labute approximate surface area is 186 Å². The molecule has 0 fully saturated rings. The Morgan fingerprint density at radius 1 is 1.37 bits per heavy atom. The second kappa shape index (κ2) is 9.84. The van der Waals surface area contributed by atoms with E-state index in [-0.39, 0.29) is 11.9 Å². The lowest BCUT2D eigenvalue weighted by molar-refractivity contribution is -0.122. The number of halogens is 1. The molecule has 2 aromatic rings. The van der Waals surface area contributed by atoms with E-state index in [1.54, 1.807) is 25.1 Å². The van der Waals surface area contributed by atoms with Gasteiger partial charge in [-0.2, -0.15) is 0 Å². The Kier molecular flexibility index (Phi) is 7.42. The summed E-state index contributed by atoms with van der Waals surface area (Å²) < 4.78 is 11.2. The molecule has 0 aliphatic heterocycles. The summed E-state index contributed by atoms with van der Waals surface area (Å²) in [6.45, 7) is 8.09. The van der Waals surface area contributed by atoms with Crippen LogP contribution < -0.4 is 10.1 Å². The third kappa shape index (κ3) is 5.16. The van der Waals surface area contributed by atoms with Gasteiger partial charge < -0.3 is 14.8 Å². The number of benzene rings is 1. The summed E-state index contributed by atoms with van der Waals surface area (Å²) in [4.78, 5) is 26.8. The predicted octanol–water partition coefficient (Wildman–Crippen LogP) is 5.81. The van der Waals surface area contributed by atoms with Crippen LogP contribution >= 0.6 is 22.9 Å². The van der Waals surface area contributed by atoms with Crippen LogP contribution in [0.5, 0.6) is 5.75 Å². The van der Waals surface area contributed by atoms with Crippen molar-refractivity contribution in [1.82, 2.24) is 0 Å². The van der Waals surface area contributed by atoms with Gasteiger partial charge in [0, 0.05) is 9.90 Å². The molecule has 0 saturated carbocycles. The molecule has 1 aliphatic rings. The second-order valence-corrected chi connectivity index (χ2v) is 9.39. The summed E-state index contributed by atoms with van der Waals surface area (Å²) in [6.07, 6.45) is 2.79. The standard InChI is InChI=1S/C23H28ClNO4S/c1-5-10-28-23(27)20-17-8-6-13(2)11-19(17)30-22(20)25-21(26)15(4)29-18-9-7-16(24)12-14(18)3/h7,9,12-13,15H,5-6,8,10-11H2,1-4H3,(H,25,26)/t13-,15+/m0/s1. The molecule has 0 bridgehead atoms. The number of carbonyl (C=O) groups excluding carboxylic acids is 2. The highest BCUT2D eigenvalue weighted by Crippen LogP contribution is 2.40. The monoisotopic (exact) mass is 449 g/mol. The van der Waals surface area contributed by atoms with Crippen molar-refractivity contribution in [3.05, 3.63) is 44.8 Å². The number of aryl methyl sites for hydroxylation is 1. The van der Waals surface area contributed by atoms with Crippen LogP contribution in [0.4, 0.5) is 5.00 Å². The van der Waals surface area contributed by atoms with Crippen molar-refractivity contribution >= 4 is 39.8 Å². The van der Waals surface area contributed by atoms with Gasteiger partial charge in [-0.3, -0.25) is 4.79 Å². The number of amides is 1. The minimum atomic E-state index is -0.734. The molecule has 1 aromatic heterocycles. The summed E-state index contributed by atoms with van der Waals surface area (Å²) in [7, 11) is 0. The molecule has 0 spiro atoms. The van der Waals surface area contributed by atoms with Gasteiger partial charge in [-0.15, -0.1) is 11.3 Å². The summed E-state index contributed by atoms with van der Waals surface area (Å²) >= 11 is 7.47. The molecule has 30 heavy (non-hydrogen) atoms. The molecule has 0 unspecified atom stereocenters. The Morgan fingerprint density at radius 2 is 2.13 bits per heavy atom. The summed E-state index contributed by atoms with van der Waals surface area (Å²) in [5, 5.41) is 4.09. The molecular formula is C23H28ClNO4S. The van der Waals surface area contributed by atoms with Crippen molar-refractivity contribution in [2.45, 2.75) is 59.5 Å². The first kappa shape index (κ1) is 22.6. The first-order valence-corrected chi connectivity index (χ1v) is 11.5. The summed E-state index contributed by atoms with van der Waals surface area (Å²) in [5.74, 6) is 0.500. The Hall–Kier alpha value is -2.05. The van der Waals surface area contributed by atoms with Crippen molar-refractivity contribution in [3.8, 4) is 5.75 Å². The van der Waals surface area contributed by atoms with Gasteiger partial charge in [0.15, 0.2) is 6.10 Å². The molecule has 1 heterocycles. The normalized spacial score (nSPS) is 16.5. The van der Waals surface area contributed by atoms with E-state index >= 15 is 0 Å². The van der Waals surface area contributed by atoms with E-state index < -0.39 is 6.10 Å². The zero-order valence-corrected chi connectivity index (χ0v) is 19.4. The van der Waals surface area contributed by atoms with Crippen molar-refractivity contribution in [2.24, 2.45) is 5.92 Å². The molecule has 3 rings (SSSR count). The highest BCUT2D eigenvalue weighted by molar-refractivity contribution is 7.17. The maximum Gasteiger partial charge on any atom is 0.341 e. The lowest BCUT2D eigenvalue weighted by Crippen LogP contribution is -2.30. The van der Waals surface area contributed by atoms with Crippen molar-refractivity contribution < 1.29 is 19.1 Å². The molecule has 1 amide bonds. The van der Waals surface area contributed by atoms with E-state index in [1.165, 1.54) is 11.3 Å². The van der Waals surface area contributed by atoms with Crippen LogP contribution in [0.1, 0.15) is 60.0 Å². The largest absolute Gasteiger partial charge is 0.481 e. The Morgan fingerprint density at radius 3 is 2.83 bits per heavy atom. The third-order valence-corrected chi connectivity index (χ3v) is 6.60. The van der Waals surface area contributed by atoms with Crippen LogP contribution in [0, 0.1) is 12.8 Å². The number of rotatable bonds is 7. The van der Waals surface area contributed by atoms with Crippen LogP contribution in [0.3, 0.4) is 0 Å². The van der Waals surface area contributed by atoms with Gasteiger partial charge in [-0.25, -0.2) is 4.79 Å². The number of anilines is 1. The fraction of sp³-hybridized carbons (Fsp3) is 0.478. The minimum Gasteiger partial charge on any atom is -0.481 e. The molecule has 0 radical (unpaired) electrons. The molecule has 7 heteroatoms. The molecule has 162 valence electrons. The lowest BCUT2D eigenvalue weighted by Gasteiger charge is -2.18. The van der Waals surface area contributed by atoms with Gasteiger partial charge >= 0.3 is 5.97 Å². The van der Waals surface area contributed by atoms with E-state index in [0.29, 0.717) is 33.9 Å². The SMILES string of the molecule is CCCOC(=O)c1c(NC(=O)[C@@H](C)Oc2ccc(Cl)cc2C)sc2c1CC[C@H](C)C2. The molecule has 1 N–H and O–H groups in total. The number of nitrogens with one attached hydrogen (secondary N) is 1. The Bertz CT molecular complexity index is 940. The summed E-state index contributed by atoms with van der Waals surface area (Å²) in [5.41, 5.74) is 2.39. The molecule has 1 aliphatic carbocycles. The van der Waals surface area contributed by atoms with Crippen LogP contribution in [0.15, 0.2) is 18.2 Å². The predicted molar refractivity (Wildman–Crippen MR) is 121 cm³/mol. The first-order chi connectivity index (χ1) is 14.3. The van der Waals surface area contributed by atoms with E-state index in [0.717, 1.165) is 41.7 Å². The van der Waals surface area contributed by atoms with Crippen molar-refractivity contribution in [2.75, 3.05) is 11.9 Å². The minimum absolute atomic E-state index is 0.305. The smallest absolute Gasteiger partial charge is 0.341 e. The maximum atomic E-state index is 12.9. The first-order valence-electron chi connectivity index (χ1n) is 10.4. The number of hydrogen-bond donors (Lipinski definition) is 1. The number of hydrogen-bond acceptors (Lipinski definition) is 5. The fourth-order valence-corrected chi connectivity index (χ4v) is 5.15. The van der Waals surface area contributed by atoms with E-state index in [1.807, 2.05) is 13.8 Å². The number of thiophene rings is 1. The number of ether oxygens (including phenoxy) is 2. The fourth-order valence-electron chi connectivity index (χ4n) is 3.52. The van der Waals surface area contributed by atoms with Crippen LogP contribution in [0.25, 0.3) is 0 Å². The van der Waals surface area contributed by atoms with E-state index in [9.17, 15) is 9.59 Å². The van der Waals surface area contributed by atoms with Gasteiger partial charge in [-0.1, -0.05) is 25.4 Å². The Balaban J connectivity index is 1.80. The second-order valence-electron chi connectivity index (χ2n) is 7.85. The topological polar surface area (TPSA) is 64.6 Å². The molecule has 1 aromatic carbocycles. The maximum absolute atomic E-state index is 12.9. The number of esters is 1. The molecule has 2 atom stereocenters. The molecular weight excluding hydrogens is 422 g/mol. The van der Waals surface area contributed by atoms with Crippen LogP contribution in [-0.4, -0.2) is 24.6 Å². The number of carbonyl (C=O) groups is 2. The third-order valence-electron chi connectivity index (χ3n) is 5.20. The van der Waals surface area contributed by atoms with Gasteiger partial charge in [0.1, 0.15) is 10.8 Å². The van der Waals surface area contributed by atoms with Gasteiger partial charge in [0.05, 0.1) is 12.2 Å². The highest BCUT2D eigenvalue weighted by Gasteiger charge is 2.30. The van der Waals surface area contributed by atoms with Crippen LogP contribution in [-0.2, 0) is 22.4 Å². The molecule has 5 nitrogen and oxygen atoms in total. The van der Waals surface area contributed by atoms with Crippen LogP contribution in [0.2, 0.25) is 5.02 Å². The number of fused-ring (bicyclic) bond motifs is 1. The zero-order chi connectivity index (χ0) is 21.8. The average Bonchev–Trinajstić information content (AvgIpc) is 3.04. The summed E-state index contributed by atoms with van der Waals surface area (Å²) in [6, 6.07) is 5.27. The van der Waals surface area contributed by atoms with Gasteiger partial charge in [0.25, 0.3) is 5.91 Å². The van der Waals surface area contributed by atoms with Crippen molar-refractivity contribution in [1.29, 1.82) is 0 Å². The van der Waals surface area contributed by atoms with Gasteiger partial charge in [0.2, 0.25) is 0 Å². The van der Waals surface area contributed by atoms with E-state index in [2.05, 4.69) is 12.2 Å². The quantitative estimate of drug-likeness (QED) is 0.542. The van der Waals surface area contributed by atoms with E-state index in [4.69, 9.17) is 21.1 Å². The average molecular weight is 450 g/mol. The van der Waals surface area contributed by atoms with Crippen molar-refractivity contribution in [3.63, 3.8) is 0 Å². The highest BCUT2D eigenvalue weighted by atomic mass is 35.5.